The molecule has 1 aromatic heterocycles. The molecule has 2 fully saturated rings. The molecular weight excluding hydrogens is 388 g/mol. The van der Waals surface area contributed by atoms with E-state index in [2.05, 4.69) is 51.1 Å². The molecule has 3 heterocycles. The van der Waals surface area contributed by atoms with Gasteiger partial charge in [0.15, 0.2) is 0 Å². The first-order valence-corrected chi connectivity index (χ1v) is 11.7. The van der Waals surface area contributed by atoms with Crippen molar-refractivity contribution >= 4 is 5.91 Å². The van der Waals surface area contributed by atoms with Crippen LogP contribution in [0, 0.1) is 12.3 Å². The molecule has 4 rings (SSSR count). The number of hydrogen-bond donors (Lipinski definition) is 1. The zero-order valence-corrected chi connectivity index (χ0v) is 19.0. The van der Waals surface area contributed by atoms with E-state index in [1.807, 2.05) is 13.1 Å². The van der Waals surface area contributed by atoms with Crippen molar-refractivity contribution in [2.24, 2.45) is 5.41 Å². The molecule has 0 spiro atoms. The van der Waals surface area contributed by atoms with Gasteiger partial charge >= 0.3 is 0 Å². The fourth-order valence-corrected chi connectivity index (χ4v) is 5.15. The van der Waals surface area contributed by atoms with Gasteiger partial charge in [0.25, 0.3) is 0 Å². The Balaban J connectivity index is 1.44. The van der Waals surface area contributed by atoms with E-state index in [-0.39, 0.29) is 11.3 Å². The van der Waals surface area contributed by atoms with Gasteiger partial charge in [-0.1, -0.05) is 24.3 Å². The van der Waals surface area contributed by atoms with Crippen molar-refractivity contribution in [1.82, 2.24) is 19.8 Å². The van der Waals surface area contributed by atoms with E-state index >= 15 is 0 Å². The van der Waals surface area contributed by atoms with Crippen molar-refractivity contribution in [3.05, 3.63) is 53.6 Å². The summed E-state index contributed by atoms with van der Waals surface area (Å²) in [5.74, 6) is 1.73. The number of aryl methyl sites for hydroxylation is 1. The summed E-state index contributed by atoms with van der Waals surface area (Å²) in [6.45, 7) is 6.97. The normalized spacial score (nSPS) is 21.7. The Labute approximate surface area is 186 Å². The molecule has 168 valence electrons. The highest BCUT2D eigenvalue weighted by molar-refractivity contribution is 5.83. The van der Waals surface area contributed by atoms with Crippen LogP contribution in [0.2, 0.25) is 0 Å². The molecule has 6 heteroatoms. The van der Waals surface area contributed by atoms with Crippen molar-refractivity contribution in [2.45, 2.75) is 51.5 Å². The first-order valence-electron chi connectivity index (χ1n) is 11.7. The Morgan fingerprint density at radius 3 is 2.90 bits per heavy atom. The molecule has 2 aliphatic heterocycles. The van der Waals surface area contributed by atoms with Crippen LogP contribution in [-0.2, 0) is 22.5 Å². The fourth-order valence-electron chi connectivity index (χ4n) is 5.15. The third-order valence-electron chi connectivity index (χ3n) is 7.08. The average molecular weight is 425 g/mol. The molecule has 2 aliphatic rings. The average Bonchev–Trinajstić information content (AvgIpc) is 3.19. The molecule has 1 atom stereocenters. The quantitative estimate of drug-likeness (QED) is 0.742. The Morgan fingerprint density at radius 1 is 1.32 bits per heavy atom. The van der Waals surface area contributed by atoms with E-state index in [0.29, 0.717) is 25.7 Å². The lowest BCUT2D eigenvalue weighted by Gasteiger charge is -2.36. The summed E-state index contributed by atoms with van der Waals surface area (Å²) in [7, 11) is 2.21. The Bertz CT molecular complexity index is 872. The number of carbonyl (C=O) groups excluding carboxylic acids is 1. The lowest BCUT2D eigenvalue weighted by atomic mass is 9.74. The number of benzene rings is 1. The molecule has 1 aromatic carbocycles. The van der Waals surface area contributed by atoms with Gasteiger partial charge in [0.05, 0.1) is 5.41 Å². The molecule has 2 saturated heterocycles. The molecule has 0 radical (unpaired) electrons. The molecule has 31 heavy (non-hydrogen) atoms. The number of aromatic nitrogens is 2. The highest BCUT2D eigenvalue weighted by Gasteiger charge is 2.40. The number of carbonyl (C=O) groups is 1. The van der Waals surface area contributed by atoms with E-state index in [9.17, 15) is 4.79 Å². The summed E-state index contributed by atoms with van der Waals surface area (Å²) in [5, 5.41) is 3.21. The van der Waals surface area contributed by atoms with Crippen LogP contribution in [0.3, 0.4) is 0 Å². The van der Waals surface area contributed by atoms with Gasteiger partial charge in [-0.15, -0.1) is 0 Å². The van der Waals surface area contributed by atoms with Gasteiger partial charge in [-0.2, -0.15) is 0 Å². The minimum absolute atomic E-state index is 0.163. The van der Waals surface area contributed by atoms with Crippen LogP contribution in [0.15, 0.2) is 36.7 Å². The smallest absolute Gasteiger partial charge is 0.226 e. The maximum absolute atomic E-state index is 13.4. The van der Waals surface area contributed by atoms with Crippen molar-refractivity contribution < 1.29 is 9.53 Å². The maximum Gasteiger partial charge on any atom is 0.226 e. The number of ether oxygens (including phenoxy) is 1. The molecule has 2 aromatic rings. The number of likely N-dealkylation sites (N-methyl/N-ethyl adjacent to an activating group) is 1. The van der Waals surface area contributed by atoms with Gasteiger partial charge in [-0.05, 0) is 69.7 Å². The third-order valence-corrected chi connectivity index (χ3v) is 7.08. The van der Waals surface area contributed by atoms with Crippen LogP contribution in [0.5, 0.6) is 0 Å². The summed E-state index contributed by atoms with van der Waals surface area (Å²) in [6.07, 6.45) is 8.60. The first-order chi connectivity index (χ1) is 15.1. The van der Waals surface area contributed by atoms with E-state index in [1.54, 1.807) is 6.20 Å². The topological polar surface area (TPSA) is 59.4 Å². The standard InChI is InChI=1S/C25H36N4O2/c1-20-26-10-13-29(20)14-11-27-24(30)25(8-15-31-16-9-25)18-21-5-3-6-22(17-21)23-7-4-12-28(2)19-23/h3,5-6,10,13,17,23H,4,7-9,11-12,14-16,18-19H2,1-2H3,(H,27,30). The second kappa shape index (κ2) is 9.96. The van der Waals surface area contributed by atoms with Crippen LogP contribution >= 0.6 is 0 Å². The molecule has 6 nitrogen and oxygen atoms in total. The number of nitrogens with one attached hydrogen (secondary N) is 1. The minimum atomic E-state index is -0.385. The van der Waals surface area contributed by atoms with Crippen molar-refractivity contribution in [1.29, 1.82) is 0 Å². The first kappa shape index (κ1) is 22.0. The van der Waals surface area contributed by atoms with E-state index in [1.165, 1.54) is 30.5 Å². The van der Waals surface area contributed by atoms with Crippen LogP contribution in [-0.4, -0.2) is 60.3 Å². The zero-order chi connectivity index (χ0) is 21.7. The van der Waals surface area contributed by atoms with Gasteiger partial charge in [0.1, 0.15) is 5.82 Å². The van der Waals surface area contributed by atoms with Crippen molar-refractivity contribution in [2.75, 3.05) is 39.9 Å². The second-order valence-electron chi connectivity index (χ2n) is 9.34. The number of nitrogens with zero attached hydrogens (tertiary/aromatic N) is 3. The summed E-state index contributed by atoms with van der Waals surface area (Å²) in [6, 6.07) is 8.97. The highest BCUT2D eigenvalue weighted by Crippen LogP contribution is 2.36. The van der Waals surface area contributed by atoms with Gasteiger partial charge < -0.3 is 19.5 Å². The summed E-state index contributed by atoms with van der Waals surface area (Å²) < 4.78 is 7.70. The number of hydrogen-bond acceptors (Lipinski definition) is 4. The van der Waals surface area contributed by atoms with Gasteiger partial charge in [-0.25, -0.2) is 4.98 Å². The number of rotatable bonds is 7. The van der Waals surface area contributed by atoms with Gasteiger partial charge in [0.2, 0.25) is 5.91 Å². The number of amides is 1. The molecule has 1 N–H and O–H groups in total. The van der Waals surface area contributed by atoms with Crippen LogP contribution in [0.4, 0.5) is 0 Å². The number of likely N-dealkylation sites (tertiary alicyclic amines) is 1. The molecular formula is C25H36N4O2. The van der Waals surface area contributed by atoms with Crippen molar-refractivity contribution in [3.8, 4) is 0 Å². The summed E-state index contributed by atoms with van der Waals surface area (Å²) in [4.78, 5) is 20.1. The van der Waals surface area contributed by atoms with E-state index < -0.39 is 0 Å². The highest BCUT2D eigenvalue weighted by atomic mass is 16.5. The van der Waals surface area contributed by atoms with Gasteiger partial charge in [-0.3, -0.25) is 4.79 Å². The predicted octanol–water partition coefficient (Wildman–Crippen LogP) is 3.16. The number of imidazole rings is 1. The molecule has 0 aliphatic carbocycles. The Hall–Kier alpha value is -2.18. The van der Waals surface area contributed by atoms with Crippen LogP contribution in [0.1, 0.15) is 48.6 Å². The lowest BCUT2D eigenvalue weighted by molar-refractivity contribution is -0.136. The van der Waals surface area contributed by atoms with E-state index in [0.717, 1.165) is 38.2 Å². The molecule has 0 bridgehead atoms. The lowest BCUT2D eigenvalue weighted by Crippen LogP contribution is -2.46. The van der Waals surface area contributed by atoms with Crippen LogP contribution < -0.4 is 5.32 Å². The zero-order valence-electron chi connectivity index (χ0n) is 19.0. The minimum Gasteiger partial charge on any atom is -0.381 e. The van der Waals surface area contributed by atoms with E-state index in [4.69, 9.17) is 4.74 Å². The summed E-state index contributed by atoms with van der Waals surface area (Å²) in [5.41, 5.74) is 2.31. The molecule has 1 amide bonds. The monoisotopic (exact) mass is 424 g/mol. The Morgan fingerprint density at radius 2 is 2.16 bits per heavy atom. The second-order valence-corrected chi connectivity index (χ2v) is 9.34. The Kier molecular flexibility index (Phi) is 7.08. The van der Waals surface area contributed by atoms with Crippen molar-refractivity contribution in [3.63, 3.8) is 0 Å². The summed E-state index contributed by atoms with van der Waals surface area (Å²) >= 11 is 0. The van der Waals surface area contributed by atoms with Crippen LogP contribution in [0.25, 0.3) is 0 Å². The third kappa shape index (κ3) is 5.36. The number of piperidine rings is 1. The molecule has 0 saturated carbocycles. The largest absolute Gasteiger partial charge is 0.381 e. The fraction of sp³-hybridized carbons (Fsp3) is 0.600. The predicted molar refractivity (Wildman–Crippen MR) is 122 cm³/mol. The molecule has 1 unspecified atom stereocenters. The maximum atomic E-state index is 13.4. The SMILES string of the molecule is Cc1nccn1CCNC(=O)C1(Cc2cccc(C3CCCN(C)C3)c2)CCOCC1. The van der Waals surface area contributed by atoms with Gasteiger partial charge in [0, 0.05) is 45.2 Å².